The second kappa shape index (κ2) is 10.2. The lowest BCUT2D eigenvalue weighted by molar-refractivity contribution is -0.124. The van der Waals surface area contributed by atoms with Gasteiger partial charge in [-0.15, -0.1) is 0 Å². The number of anilines is 2. The molecule has 1 N–H and O–H groups in total. The summed E-state index contributed by atoms with van der Waals surface area (Å²) in [5.41, 5.74) is 3.48. The maximum atomic E-state index is 13.9. The van der Waals surface area contributed by atoms with Gasteiger partial charge in [0.15, 0.2) is 11.5 Å². The van der Waals surface area contributed by atoms with Crippen molar-refractivity contribution >= 4 is 28.9 Å². The van der Waals surface area contributed by atoms with Crippen molar-refractivity contribution in [3.8, 4) is 11.5 Å². The van der Waals surface area contributed by atoms with E-state index in [9.17, 15) is 9.59 Å². The highest BCUT2D eigenvalue weighted by atomic mass is 16.5. The molecule has 7 nitrogen and oxygen atoms in total. The van der Waals surface area contributed by atoms with E-state index in [1.54, 1.807) is 20.3 Å². The fourth-order valence-electron chi connectivity index (χ4n) is 4.07. The van der Waals surface area contributed by atoms with Gasteiger partial charge in [-0.1, -0.05) is 43.3 Å². The summed E-state index contributed by atoms with van der Waals surface area (Å²) in [7, 11) is 3.11. The van der Waals surface area contributed by atoms with Crippen molar-refractivity contribution in [3.05, 3.63) is 83.9 Å². The Bertz CT molecular complexity index is 1210. The summed E-state index contributed by atoms with van der Waals surface area (Å²) in [4.78, 5) is 26.9. The summed E-state index contributed by atoms with van der Waals surface area (Å²) < 4.78 is 11.0. The third kappa shape index (κ3) is 4.64. The summed E-state index contributed by atoms with van der Waals surface area (Å²) in [6.07, 6.45) is 0.536. The van der Waals surface area contributed by atoms with E-state index in [1.165, 1.54) is 5.01 Å². The largest absolute Gasteiger partial charge is 0.493 e. The van der Waals surface area contributed by atoms with Gasteiger partial charge < -0.3 is 14.8 Å². The normalized spacial score (nSPS) is 15.1. The number of carbonyl (C=O) groups is 2. The molecule has 7 heteroatoms. The molecule has 34 heavy (non-hydrogen) atoms. The number of nitrogens with zero attached hydrogens (tertiary/aromatic N) is 2. The maximum Gasteiger partial charge on any atom is 0.255 e. The minimum Gasteiger partial charge on any atom is -0.493 e. The van der Waals surface area contributed by atoms with Gasteiger partial charge in [0.25, 0.3) is 5.91 Å². The van der Waals surface area contributed by atoms with Crippen LogP contribution in [-0.2, 0) is 9.59 Å². The molecule has 0 aliphatic carbocycles. The van der Waals surface area contributed by atoms with Crippen LogP contribution in [-0.4, -0.2) is 31.7 Å². The van der Waals surface area contributed by atoms with Crippen molar-refractivity contribution in [2.45, 2.75) is 25.7 Å². The highest BCUT2D eigenvalue weighted by Crippen LogP contribution is 2.39. The Morgan fingerprint density at radius 2 is 1.59 bits per heavy atom. The zero-order valence-electron chi connectivity index (χ0n) is 19.4. The van der Waals surface area contributed by atoms with E-state index in [1.807, 2.05) is 73.7 Å². The summed E-state index contributed by atoms with van der Waals surface area (Å²) >= 11 is 0. The molecular weight excluding hydrogens is 430 g/mol. The van der Waals surface area contributed by atoms with E-state index in [0.29, 0.717) is 34.9 Å². The Morgan fingerprint density at radius 3 is 2.21 bits per heavy atom. The second-order valence-corrected chi connectivity index (χ2v) is 7.85. The maximum absolute atomic E-state index is 13.9. The van der Waals surface area contributed by atoms with Crippen molar-refractivity contribution in [2.24, 2.45) is 5.10 Å². The number of hydrazone groups is 1. The molecule has 3 aromatic carbocycles. The summed E-state index contributed by atoms with van der Waals surface area (Å²) in [6, 6.07) is 22.0. The molecule has 1 aliphatic rings. The van der Waals surface area contributed by atoms with Gasteiger partial charge in [-0.25, -0.2) is 0 Å². The van der Waals surface area contributed by atoms with E-state index in [2.05, 4.69) is 5.32 Å². The number of carbonyl (C=O) groups excluding carboxylic acids is 2. The highest BCUT2D eigenvalue weighted by molar-refractivity contribution is 6.11. The number of rotatable bonds is 7. The predicted octanol–water partition coefficient (Wildman–Crippen LogP) is 4.98. The zero-order valence-corrected chi connectivity index (χ0v) is 19.4. The third-order valence-corrected chi connectivity index (χ3v) is 5.75. The van der Waals surface area contributed by atoms with Crippen molar-refractivity contribution in [2.75, 3.05) is 24.5 Å². The quantitative estimate of drug-likeness (QED) is 0.543. The first-order valence-electron chi connectivity index (χ1n) is 11.1. The average molecular weight is 458 g/mol. The van der Waals surface area contributed by atoms with Gasteiger partial charge in [0.2, 0.25) is 5.91 Å². The topological polar surface area (TPSA) is 80.2 Å². The molecule has 0 radical (unpaired) electrons. The molecule has 1 atom stereocenters. The number of hydrogen-bond acceptors (Lipinski definition) is 5. The van der Waals surface area contributed by atoms with Gasteiger partial charge in [0, 0.05) is 17.7 Å². The van der Waals surface area contributed by atoms with Gasteiger partial charge in [-0.3, -0.25) is 9.59 Å². The van der Waals surface area contributed by atoms with Crippen LogP contribution in [0.5, 0.6) is 11.5 Å². The molecule has 3 aromatic rings. The van der Waals surface area contributed by atoms with Gasteiger partial charge in [-0.05, 0) is 48.4 Å². The lowest BCUT2D eigenvalue weighted by Crippen LogP contribution is -2.32. The van der Waals surface area contributed by atoms with Crippen LogP contribution in [0.1, 0.15) is 36.8 Å². The Balaban J connectivity index is 1.82. The molecule has 4 rings (SSSR count). The number of methoxy groups -OCH3 is 2. The third-order valence-electron chi connectivity index (χ3n) is 5.75. The number of amides is 2. The van der Waals surface area contributed by atoms with Gasteiger partial charge in [0.05, 0.1) is 31.5 Å². The van der Waals surface area contributed by atoms with E-state index in [4.69, 9.17) is 14.6 Å². The molecule has 1 aliphatic heterocycles. The first kappa shape index (κ1) is 23.0. The van der Waals surface area contributed by atoms with Crippen LogP contribution in [0.15, 0.2) is 77.9 Å². The first-order chi connectivity index (χ1) is 16.5. The summed E-state index contributed by atoms with van der Waals surface area (Å²) in [6.45, 7) is 1.98. The van der Waals surface area contributed by atoms with Crippen LogP contribution >= 0.6 is 0 Å². The fraction of sp³-hybridized carbons (Fsp3) is 0.222. The van der Waals surface area contributed by atoms with Gasteiger partial charge in [-0.2, -0.15) is 10.1 Å². The minimum absolute atomic E-state index is 0.0495. The monoisotopic (exact) mass is 457 g/mol. The Kier molecular flexibility index (Phi) is 6.92. The van der Waals surface area contributed by atoms with Crippen molar-refractivity contribution in [1.29, 1.82) is 0 Å². The number of fused-ring (bicyclic) bond motifs is 1. The van der Waals surface area contributed by atoms with E-state index in [-0.39, 0.29) is 18.2 Å². The van der Waals surface area contributed by atoms with E-state index >= 15 is 0 Å². The fourth-order valence-corrected chi connectivity index (χ4v) is 4.07. The van der Waals surface area contributed by atoms with Crippen LogP contribution in [0.4, 0.5) is 11.4 Å². The molecule has 0 spiro atoms. The molecule has 0 aromatic heterocycles. The van der Waals surface area contributed by atoms with Crippen molar-refractivity contribution in [3.63, 3.8) is 0 Å². The molecule has 0 saturated heterocycles. The average Bonchev–Trinajstić information content (AvgIpc) is 2.98. The highest BCUT2D eigenvalue weighted by Gasteiger charge is 2.35. The van der Waals surface area contributed by atoms with Crippen LogP contribution in [0, 0.1) is 0 Å². The summed E-state index contributed by atoms with van der Waals surface area (Å²) in [5.74, 6) is -0.294. The van der Waals surface area contributed by atoms with E-state index < -0.39 is 5.92 Å². The zero-order chi connectivity index (χ0) is 24.1. The van der Waals surface area contributed by atoms with Crippen molar-refractivity contribution in [1.82, 2.24) is 0 Å². The number of nitrogens with one attached hydrogen (secondary N) is 1. The molecule has 1 heterocycles. The Labute approximate surface area is 199 Å². The smallest absolute Gasteiger partial charge is 0.255 e. The van der Waals surface area contributed by atoms with Crippen LogP contribution in [0.25, 0.3) is 0 Å². The van der Waals surface area contributed by atoms with Gasteiger partial charge >= 0.3 is 0 Å². The van der Waals surface area contributed by atoms with Crippen LogP contribution in [0.2, 0.25) is 0 Å². The van der Waals surface area contributed by atoms with Crippen LogP contribution < -0.4 is 19.8 Å². The number of ether oxygens (including phenoxy) is 2. The van der Waals surface area contributed by atoms with Crippen LogP contribution in [0.3, 0.4) is 0 Å². The molecule has 0 saturated carbocycles. The Hall–Kier alpha value is -4.13. The number of benzene rings is 3. The molecule has 0 bridgehead atoms. The lowest BCUT2D eigenvalue weighted by atomic mass is 9.87. The number of hydrogen-bond donors (Lipinski definition) is 1. The van der Waals surface area contributed by atoms with Crippen molar-refractivity contribution < 1.29 is 19.1 Å². The molecule has 0 unspecified atom stereocenters. The minimum atomic E-state index is -0.772. The predicted molar refractivity (Wildman–Crippen MR) is 133 cm³/mol. The summed E-state index contributed by atoms with van der Waals surface area (Å²) in [5, 5.41) is 9.02. The van der Waals surface area contributed by atoms with Gasteiger partial charge in [0.1, 0.15) is 0 Å². The SMILES string of the molecule is CCC1=NN(c2ccccc2)C(=O)[C@@H](CC(=O)Nc2ccccc2)c2cc(OC)c(OC)cc21. The molecule has 0 fully saturated rings. The first-order valence-corrected chi connectivity index (χ1v) is 11.1. The second-order valence-electron chi connectivity index (χ2n) is 7.85. The standard InChI is InChI=1S/C27H27N3O4/c1-4-23-21-16-25(34-3)24(33-2)15-20(21)22(17-26(31)28-18-11-7-5-8-12-18)27(32)30(29-23)19-13-9-6-10-14-19/h5-16,22H,4,17H2,1-3H3,(H,28,31)/t22-/m0/s1. The molecule has 174 valence electrons. The molecular formula is C27H27N3O4. The number of para-hydroxylation sites is 2. The molecule has 2 amide bonds. The lowest BCUT2D eigenvalue weighted by Gasteiger charge is -2.22. The van der Waals surface area contributed by atoms with E-state index in [0.717, 1.165) is 11.3 Å². The Morgan fingerprint density at radius 1 is 0.971 bits per heavy atom.